The van der Waals surface area contributed by atoms with E-state index in [1.54, 1.807) is 23.7 Å². The predicted octanol–water partition coefficient (Wildman–Crippen LogP) is 4.38. The third kappa shape index (κ3) is 9.78. The van der Waals surface area contributed by atoms with Crippen LogP contribution < -0.4 is 10.6 Å². The van der Waals surface area contributed by atoms with Gasteiger partial charge in [0.05, 0.1) is 16.5 Å². The van der Waals surface area contributed by atoms with Crippen LogP contribution in [-0.4, -0.2) is 81.8 Å². The number of aliphatic hydroxyl groups excluding tert-OH is 1. The maximum Gasteiger partial charge on any atom is 0.407 e. The molecular weight excluding hydrogens is 578 g/mol. The lowest BCUT2D eigenvalue weighted by Crippen LogP contribution is -2.53. The number of likely N-dealkylation sites (tertiary alicyclic amines) is 1. The second-order valence-corrected chi connectivity index (χ2v) is 12.6. The topological polar surface area (TPSA) is 124 Å². The lowest BCUT2D eigenvalue weighted by molar-refractivity contribution is -0.125. The number of hydrogen-bond acceptors (Lipinski definition) is 7. The summed E-state index contributed by atoms with van der Waals surface area (Å²) in [6, 6.07) is 18.2. The number of benzene rings is 2. The first-order chi connectivity index (χ1) is 21.2. The molecule has 1 fully saturated rings. The van der Waals surface area contributed by atoms with E-state index in [2.05, 4.69) is 15.6 Å². The van der Waals surface area contributed by atoms with Gasteiger partial charge in [-0.3, -0.25) is 9.78 Å². The largest absolute Gasteiger partial charge is 0.444 e. The molecule has 10 nitrogen and oxygen atoms in total. The van der Waals surface area contributed by atoms with Crippen LogP contribution in [0.5, 0.6) is 0 Å². The number of urea groups is 1. The molecule has 0 aliphatic carbocycles. The van der Waals surface area contributed by atoms with E-state index in [9.17, 15) is 19.5 Å². The second kappa shape index (κ2) is 16.2. The molecule has 0 radical (unpaired) electrons. The van der Waals surface area contributed by atoms with Crippen LogP contribution in [0.15, 0.2) is 72.4 Å². The number of alkyl carbamates (subject to hydrolysis) is 1. The monoisotopic (exact) mass is 621 g/mol. The summed E-state index contributed by atoms with van der Waals surface area (Å²) < 4.78 is 5.45. The summed E-state index contributed by atoms with van der Waals surface area (Å²) in [5, 5.41) is 16.6. The summed E-state index contributed by atoms with van der Waals surface area (Å²) in [5.41, 5.74) is 3.83. The van der Waals surface area contributed by atoms with Crippen molar-refractivity contribution in [1.82, 2.24) is 25.4 Å². The molecule has 1 saturated heterocycles. The summed E-state index contributed by atoms with van der Waals surface area (Å²) in [6.45, 7) is 4.08. The fourth-order valence-corrected chi connectivity index (χ4v) is 5.81. The zero-order valence-corrected chi connectivity index (χ0v) is 26.4. The van der Waals surface area contributed by atoms with Crippen molar-refractivity contribution in [3.63, 3.8) is 0 Å². The quantitative estimate of drug-likeness (QED) is 0.260. The van der Waals surface area contributed by atoms with Crippen molar-refractivity contribution >= 4 is 29.4 Å². The van der Waals surface area contributed by atoms with E-state index in [0.717, 1.165) is 16.0 Å². The molecule has 1 aromatic heterocycles. The predicted molar refractivity (Wildman–Crippen MR) is 170 cm³/mol. The molecule has 4 rings (SSSR count). The number of aliphatic hydroxyl groups is 1. The maximum absolute atomic E-state index is 13.7. The van der Waals surface area contributed by atoms with Crippen LogP contribution in [0.25, 0.3) is 0 Å². The standard InChI is InChI=1S/C33H43N5O5S/c1-23(2)37(3)33(42)38-20-28(39)18-30(38)31(40)35-26(16-24-10-6-4-7-11-24)14-15-27(17-25-12-8-5-9-13-25)36-32(41)43-21-29-19-34-22-44-29/h4-13,19,22-23,26-28,30,39H,14-18,20-21H2,1-3H3,(H,35,40)(H,36,41)/t26-,27-,28+,30-/m0/s1. The Morgan fingerprint density at radius 3 is 2.14 bits per heavy atom. The zero-order chi connectivity index (χ0) is 31.5. The Labute approximate surface area is 263 Å². The smallest absolute Gasteiger partial charge is 0.407 e. The SMILES string of the molecule is CC(C)N(C)C(=O)N1C[C@H](O)C[C@H]1C(=O)N[C@@H](CC[C@@H](Cc1ccccc1)NC(=O)OCc1cncs1)Cc1ccccc1. The minimum Gasteiger partial charge on any atom is -0.444 e. The number of ether oxygens (including phenoxy) is 1. The highest BCUT2D eigenvalue weighted by atomic mass is 32.1. The van der Waals surface area contributed by atoms with E-state index >= 15 is 0 Å². The number of carbonyl (C=O) groups is 3. The molecule has 44 heavy (non-hydrogen) atoms. The van der Waals surface area contributed by atoms with Crippen LogP contribution in [0.4, 0.5) is 9.59 Å². The summed E-state index contributed by atoms with van der Waals surface area (Å²) in [5.74, 6) is -0.287. The Bertz CT molecular complexity index is 1320. The first kappa shape index (κ1) is 32.9. The van der Waals surface area contributed by atoms with Gasteiger partial charge in [0.2, 0.25) is 5.91 Å². The molecule has 0 spiro atoms. The number of amides is 4. The van der Waals surface area contributed by atoms with Crippen LogP contribution in [0, 0.1) is 0 Å². The van der Waals surface area contributed by atoms with E-state index in [4.69, 9.17) is 4.74 Å². The molecule has 0 bridgehead atoms. The van der Waals surface area contributed by atoms with Gasteiger partial charge in [-0.15, -0.1) is 11.3 Å². The normalized spacial score (nSPS) is 17.6. The minimum absolute atomic E-state index is 0.0440. The van der Waals surface area contributed by atoms with Crippen molar-refractivity contribution < 1.29 is 24.2 Å². The van der Waals surface area contributed by atoms with Crippen molar-refractivity contribution in [3.05, 3.63) is 88.4 Å². The van der Waals surface area contributed by atoms with Crippen molar-refractivity contribution in [2.75, 3.05) is 13.6 Å². The maximum atomic E-state index is 13.7. The van der Waals surface area contributed by atoms with Gasteiger partial charge in [0.15, 0.2) is 0 Å². The Kier molecular flexibility index (Phi) is 12.1. The molecule has 11 heteroatoms. The number of β-amino-alcohol motifs (C(OH)–C–C–N with tert-alkyl or cyclic N) is 1. The number of nitrogens with zero attached hydrogens (tertiary/aromatic N) is 3. The fraction of sp³-hybridized carbons (Fsp3) is 0.455. The number of carbonyl (C=O) groups excluding carboxylic acids is 3. The lowest BCUT2D eigenvalue weighted by Gasteiger charge is -2.32. The fourth-order valence-electron chi connectivity index (χ4n) is 5.30. The highest BCUT2D eigenvalue weighted by Gasteiger charge is 2.41. The third-order valence-electron chi connectivity index (χ3n) is 7.91. The summed E-state index contributed by atoms with van der Waals surface area (Å²) in [7, 11) is 1.70. The molecule has 4 atom stereocenters. The van der Waals surface area contributed by atoms with Gasteiger partial charge in [-0.25, -0.2) is 9.59 Å². The molecule has 0 saturated carbocycles. The van der Waals surface area contributed by atoms with Gasteiger partial charge in [0.1, 0.15) is 12.6 Å². The van der Waals surface area contributed by atoms with Gasteiger partial charge in [0.25, 0.3) is 0 Å². The lowest BCUT2D eigenvalue weighted by atomic mass is 9.95. The molecule has 3 N–H and O–H groups in total. The zero-order valence-electron chi connectivity index (χ0n) is 25.6. The molecule has 1 aliphatic rings. The van der Waals surface area contributed by atoms with Gasteiger partial charge < -0.3 is 30.3 Å². The van der Waals surface area contributed by atoms with Crippen LogP contribution in [-0.2, 0) is 29.0 Å². The molecule has 4 amide bonds. The van der Waals surface area contributed by atoms with E-state index in [1.165, 1.54) is 16.2 Å². The third-order valence-corrected chi connectivity index (χ3v) is 8.67. The minimum atomic E-state index is -0.767. The van der Waals surface area contributed by atoms with Crippen molar-refractivity contribution in [2.24, 2.45) is 0 Å². The summed E-state index contributed by atoms with van der Waals surface area (Å²) in [6.07, 6.45) is 2.91. The number of thiazole rings is 1. The van der Waals surface area contributed by atoms with Crippen molar-refractivity contribution in [1.29, 1.82) is 0 Å². The summed E-state index contributed by atoms with van der Waals surface area (Å²) in [4.78, 5) is 47.5. The Balaban J connectivity index is 1.46. The first-order valence-corrected chi connectivity index (χ1v) is 16.0. The number of aromatic nitrogens is 1. The van der Waals surface area contributed by atoms with Gasteiger partial charge in [-0.1, -0.05) is 60.7 Å². The molecule has 236 valence electrons. The number of hydrogen-bond donors (Lipinski definition) is 3. The van der Waals surface area contributed by atoms with Gasteiger partial charge >= 0.3 is 12.1 Å². The van der Waals surface area contributed by atoms with E-state index in [1.807, 2.05) is 74.5 Å². The summed E-state index contributed by atoms with van der Waals surface area (Å²) >= 11 is 1.42. The average molecular weight is 622 g/mol. The van der Waals surface area contributed by atoms with Gasteiger partial charge in [0, 0.05) is 44.3 Å². The molecule has 3 aromatic rings. The van der Waals surface area contributed by atoms with Gasteiger partial charge in [-0.05, 0) is 50.7 Å². The molecule has 1 aliphatic heterocycles. The average Bonchev–Trinajstić information content (AvgIpc) is 3.69. The highest BCUT2D eigenvalue weighted by Crippen LogP contribution is 2.22. The first-order valence-electron chi connectivity index (χ1n) is 15.1. The highest BCUT2D eigenvalue weighted by molar-refractivity contribution is 7.09. The van der Waals surface area contributed by atoms with Crippen molar-refractivity contribution in [3.8, 4) is 0 Å². The molecule has 0 unspecified atom stereocenters. The molecular formula is C33H43N5O5S. The van der Waals surface area contributed by atoms with Crippen LogP contribution in [0.3, 0.4) is 0 Å². The van der Waals surface area contributed by atoms with E-state index in [0.29, 0.717) is 25.7 Å². The van der Waals surface area contributed by atoms with Crippen LogP contribution >= 0.6 is 11.3 Å². The van der Waals surface area contributed by atoms with Gasteiger partial charge in [-0.2, -0.15) is 0 Å². The molecule has 2 heterocycles. The number of rotatable bonds is 13. The molecule has 2 aromatic carbocycles. The van der Waals surface area contributed by atoms with E-state index < -0.39 is 18.2 Å². The van der Waals surface area contributed by atoms with Crippen LogP contribution in [0.2, 0.25) is 0 Å². The van der Waals surface area contributed by atoms with E-state index in [-0.39, 0.29) is 49.6 Å². The second-order valence-electron chi connectivity index (χ2n) is 11.6. The van der Waals surface area contributed by atoms with Crippen LogP contribution in [0.1, 0.15) is 49.1 Å². The Morgan fingerprint density at radius 2 is 1.59 bits per heavy atom. The Morgan fingerprint density at radius 1 is 1.00 bits per heavy atom. The van der Waals surface area contributed by atoms with Crippen molar-refractivity contribution in [2.45, 2.75) is 82.8 Å². The Hall–Kier alpha value is -3.96. The number of nitrogens with one attached hydrogen (secondary N) is 2.